The number of anilines is 4. The van der Waals surface area contributed by atoms with Crippen molar-refractivity contribution in [3.8, 4) is 0 Å². The number of methoxy groups -OCH3 is 1. The lowest BCUT2D eigenvalue weighted by atomic mass is 9.73. The highest BCUT2D eigenvalue weighted by Crippen LogP contribution is 2.42. The summed E-state index contributed by atoms with van der Waals surface area (Å²) in [5.74, 6) is 2.19. The summed E-state index contributed by atoms with van der Waals surface area (Å²) in [6.07, 6.45) is 7.32. The van der Waals surface area contributed by atoms with Gasteiger partial charge in [0.05, 0.1) is 43.2 Å². The maximum absolute atomic E-state index is 14.2. The van der Waals surface area contributed by atoms with E-state index in [0.717, 1.165) is 43.3 Å². The van der Waals surface area contributed by atoms with Crippen molar-refractivity contribution in [2.45, 2.75) is 54.1 Å². The molecule has 11 nitrogen and oxygen atoms in total. The number of hydrogen-bond donors (Lipinski definition) is 2. The number of ether oxygens (including phenoxy) is 2. The Hall–Kier alpha value is -2.55. The minimum atomic E-state index is -1.09. The third kappa shape index (κ3) is 6.22. The monoisotopic (exact) mass is 637 g/mol. The molecule has 3 fully saturated rings. The molecule has 0 unspecified atom stereocenters. The molecule has 0 radical (unpaired) electrons. The van der Waals surface area contributed by atoms with E-state index in [2.05, 4.69) is 42.1 Å². The van der Waals surface area contributed by atoms with Gasteiger partial charge >= 0.3 is 0 Å². The van der Waals surface area contributed by atoms with E-state index in [1.807, 2.05) is 6.07 Å². The normalized spacial score (nSPS) is 25.1. The van der Waals surface area contributed by atoms with Crippen LogP contribution in [0, 0.1) is 5.41 Å². The molecular weight excluding hydrogens is 604 g/mol. The fraction of sp³-hybridized carbons (Fsp3) is 0.519. The quantitative estimate of drug-likeness (QED) is 0.386. The summed E-state index contributed by atoms with van der Waals surface area (Å²) in [6.45, 7) is 5.10. The predicted octanol–water partition coefficient (Wildman–Crippen LogP) is 4.14. The van der Waals surface area contributed by atoms with Crippen LogP contribution in [0.15, 0.2) is 46.8 Å². The second-order valence-electron chi connectivity index (χ2n) is 10.7. The van der Waals surface area contributed by atoms with Gasteiger partial charge in [0.15, 0.2) is 5.82 Å². The zero-order chi connectivity index (χ0) is 28.6. The third-order valence-electron chi connectivity index (χ3n) is 8.29. The number of nitrogens with two attached hydrogens (primary N) is 1. The highest BCUT2D eigenvalue weighted by molar-refractivity contribution is 7.99. The van der Waals surface area contributed by atoms with Gasteiger partial charge in [-0.15, -0.1) is 12.4 Å². The van der Waals surface area contributed by atoms with Crippen LogP contribution in [0.25, 0.3) is 0 Å². The number of aromatic nitrogens is 5. The predicted molar refractivity (Wildman–Crippen MR) is 163 cm³/mol. The number of pyridine rings is 1. The zero-order valence-corrected chi connectivity index (χ0v) is 25.7. The van der Waals surface area contributed by atoms with Crippen molar-refractivity contribution in [3.05, 3.63) is 41.9 Å². The van der Waals surface area contributed by atoms with Gasteiger partial charge in [0.1, 0.15) is 28.9 Å². The zero-order valence-electron chi connectivity index (χ0n) is 23.3. The van der Waals surface area contributed by atoms with Crippen LogP contribution in [-0.2, 0) is 9.47 Å². The summed E-state index contributed by atoms with van der Waals surface area (Å²) in [5.41, 5.74) is 6.52. The first-order chi connectivity index (χ1) is 19.8. The average Bonchev–Trinajstić information content (AvgIpc) is 3.51. The number of rotatable bonds is 7. The summed E-state index contributed by atoms with van der Waals surface area (Å²) in [7, 11) is 1.50. The molecule has 0 aliphatic carbocycles. The molecule has 3 saturated heterocycles. The van der Waals surface area contributed by atoms with Gasteiger partial charge < -0.3 is 30.3 Å². The summed E-state index contributed by atoms with van der Waals surface area (Å²) in [4.78, 5) is 27.3. The first-order valence-electron chi connectivity index (χ1n) is 13.6. The minimum absolute atomic E-state index is 0. The van der Waals surface area contributed by atoms with Gasteiger partial charge in [0.25, 0.3) is 0 Å². The van der Waals surface area contributed by atoms with E-state index in [4.69, 9.17) is 26.8 Å². The second kappa shape index (κ2) is 13.0. The average molecular weight is 639 g/mol. The molecule has 3 aliphatic heterocycles. The van der Waals surface area contributed by atoms with E-state index in [0.29, 0.717) is 34.2 Å². The summed E-state index contributed by atoms with van der Waals surface area (Å²) >= 11 is 8.13. The molecule has 3 aliphatic rings. The van der Waals surface area contributed by atoms with Crippen molar-refractivity contribution < 1.29 is 13.9 Å². The lowest BCUT2D eigenvalue weighted by molar-refractivity contribution is 0.0650. The molecule has 0 aromatic carbocycles. The van der Waals surface area contributed by atoms with Crippen LogP contribution in [0.4, 0.5) is 27.8 Å². The van der Waals surface area contributed by atoms with Crippen LogP contribution in [0.3, 0.4) is 0 Å². The van der Waals surface area contributed by atoms with E-state index >= 15 is 0 Å². The molecule has 3 aromatic rings. The smallest absolute Gasteiger partial charge is 0.227 e. The number of piperidine rings is 1. The maximum Gasteiger partial charge on any atom is 0.227 e. The summed E-state index contributed by atoms with van der Waals surface area (Å²) < 4.78 is 25.2. The number of halogens is 3. The molecule has 0 amide bonds. The van der Waals surface area contributed by atoms with Gasteiger partial charge in [-0.1, -0.05) is 23.4 Å². The Morgan fingerprint density at radius 3 is 2.57 bits per heavy atom. The fourth-order valence-corrected chi connectivity index (χ4v) is 6.72. The SMILES string of the molecule is CO[C@@H]1CN(c2nccc(Nc3nccc(Sc4cnc(N5CCC6(CC5)CO[C@@H](C)[C@H]6N)cn4)c3Cl)n2)C[C@@H]1F.Cl. The van der Waals surface area contributed by atoms with Crippen molar-refractivity contribution in [3.63, 3.8) is 0 Å². The standard InChI is InChI=1S/C27H33ClFN9O2S.ClH/c1-16-24(30)27(15-40-16)5-9-37(10-6-27)21-11-34-22(12-33-21)41-19-3-7-31-25(23(19)28)35-20-4-8-32-26(36-20)38-13-17(29)18(14-38)39-2;/h3-4,7-8,11-12,16-18,24H,5-6,9-10,13-15,30H2,1-2H3,(H,31,32,35,36);1H/t16-,17-,18+,24+;/m0./s1. The topological polar surface area (TPSA) is 127 Å². The molecule has 6 rings (SSSR count). The molecular formula is C27H34Cl2FN9O2S. The first kappa shape index (κ1) is 30.9. The third-order valence-corrected chi connectivity index (χ3v) is 9.76. The van der Waals surface area contributed by atoms with Crippen molar-refractivity contribution in [2.24, 2.45) is 11.1 Å². The number of nitrogens with zero attached hydrogens (tertiary/aromatic N) is 7. The van der Waals surface area contributed by atoms with Gasteiger partial charge in [0.2, 0.25) is 5.95 Å². The van der Waals surface area contributed by atoms with Crippen LogP contribution < -0.4 is 20.9 Å². The molecule has 3 aromatic heterocycles. The molecule has 6 heterocycles. The fourth-order valence-electron chi connectivity index (χ4n) is 5.70. The molecule has 1 spiro atoms. The molecule has 0 bridgehead atoms. The van der Waals surface area contributed by atoms with Crippen LogP contribution in [0.5, 0.6) is 0 Å². The highest BCUT2D eigenvalue weighted by atomic mass is 35.5. The summed E-state index contributed by atoms with van der Waals surface area (Å²) in [5, 5.41) is 4.30. The molecule has 226 valence electrons. The largest absolute Gasteiger partial charge is 0.377 e. The summed E-state index contributed by atoms with van der Waals surface area (Å²) in [6, 6.07) is 3.61. The number of alkyl halides is 1. The van der Waals surface area contributed by atoms with Crippen molar-refractivity contribution in [2.75, 3.05) is 55.0 Å². The van der Waals surface area contributed by atoms with E-state index in [9.17, 15) is 4.39 Å². The van der Waals surface area contributed by atoms with Crippen LogP contribution in [0.2, 0.25) is 5.02 Å². The Bertz CT molecular complexity index is 1370. The van der Waals surface area contributed by atoms with Gasteiger partial charge in [-0.05, 0) is 31.9 Å². The first-order valence-corrected chi connectivity index (χ1v) is 14.8. The lowest BCUT2D eigenvalue weighted by Crippen LogP contribution is -2.50. The molecule has 42 heavy (non-hydrogen) atoms. The van der Waals surface area contributed by atoms with Gasteiger partial charge in [-0.2, -0.15) is 4.98 Å². The van der Waals surface area contributed by atoms with Gasteiger partial charge in [0, 0.05) is 48.9 Å². The van der Waals surface area contributed by atoms with Crippen LogP contribution in [-0.4, -0.2) is 89.2 Å². The van der Waals surface area contributed by atoms with E-state index in [1.165, 1.54) is 18.9 Å². The van der Waals surface area contributed by atoms with Crippen LogP contribution >= 0.6 is 35.8 Å². The van der Waals surface area contributed by atoms with Gasteiger partial charge in [-0.25, -0.2) is 24.3 Å². The number of hydrogen-bond acceptors (Lipinski definition) is 12. The second-order valence-corrected chi connectivity index (χ2v) is 12.2. The Balaban J connectivity index is 0.00000353. The van der Waals surface area contributed by atoms with E-state index in [-0.39, 0.29) is 36.5 Å². The van der Waals surface area contributed by atoms with Crippen molar-refractivity contribution in [1.29, 1.82) is 0 Å². The Kier molecular flexibility index (Phi) is 9.55. The highest BCUT2D eigenvalue weighted by Gasteiger charge is 2.47. The lowest BCUT2D eigenvalue weighted by Gasteiger charge is -2.41. The molecule has 15 heteroatoms. The molecule has 0 saturated carbocycles. The van der Waals surface area contributed by atoms with Crippen LogP contribution in [0.1, 0.15) is 19.8 Å². The Morgan fingerprint density at radius 1 is 1.12 bits per heavy atom. The van der Waals surface area contributed by atoms with E-state index < -0.39 is 12.3 Å². The maximum atomic E-state index is 14.2. The molecule has 4 atom stereocenters. The Labute approximate surface area is 259 Å². The van der Waals surface area contributed by atoms with Gasteiger partial charge in [-0.3, -0.25) is 0 Å². The Morgan fingerprint density at radius 2 is 1.90 bits per heavy atom. The van der Waals surface area contributed by atoms with E-state index in [1.54, 1.807) is 35.8 Å². The minimum Gasteiger partial charge on any atom is -0.377 e. The number of nitrogens with one attached hydrogen (secondary N) is 1. The van der Waals surface area contributed by atoms with Crippen molar-refractivity contribution >= 4 is 59.2 Å². The molecule has 3 N–H and O–H groups in total. The van der Waals surface area contributed by atoms with Crippen molar-refractivity contribution in [1.82, 2.24) is 24.9 Å².